The summed E-state index contributed by atoms with van der Waals surface area (Å²) >= 11 is 0. The SMILES string of the molecule is Cc1cccc(N)c1C(=O)OCCn1ccnc1C. The molecular formula is C14H17N3O2. The average Bonchev–Trinajstić information content (AvgIpc) is 2.75. The highest BCUT2D eigenvalue weighted by atomic mass is 16.5. The van der Waals surface area contributed by atoms with E-state index in [9.17, 15) is 4.79 Å². The molecule has 19 heavy (non-hydrogen) atoms. The van der Waals surface area contributed by atoms with E-state index in [0.717, 1.165) is 11.4 Å². The maximum Gasteiger partial charge on any atom is 0.340 e. The number of rotatable bonds is 4. The maximum absolute atomic E-state index is 12.0. The lowest BCUT2D eigenvalue weighted by Crippen LogP contribution is -2.14. The van der Waals surface area contributed by atoms with Gasteiger partial charge in [0.1, 0.15) is 12.4 Å². The Labute approximate surface area is 112 Å². The summed E-state index contributed by atoms with van der Waals surface area (Å²) in [5.41, 5.74) is 7.52. The van der Waals surface area contributed by atoms with E-state index < -0.39 is 0 Å². The first-order valence-electron chi connectivity index (χ1n) is 6.09. The number of hydrogen-bond donors (Lipinski definition) is 1. The normalized spacial score (nSPS) is 10.4. The number of esters is 1. The van der Waals surface area contributed by atoms with E-state index in [0.29, 0.717) is 24.4 Å². The van der Waals surface area contributed by atoms with E-state index in [2.05, 4.69) is 4.98 Å². The van der Waals surface area contributed by atoms with Gasteiger partial charge in [0, 0.05) is 18.1 Å². The van der Waals surface area contributed by atoms with Gasteiger partial charge in [0.25, 0.3) is 0 Å². The Morgan fingerprint density at radius 2 is 2.21 bits per heavy atom. The van der Waals surface area contributed by atoms with Gasteiger partial charge in [-0.1, -0.05) is 12.1 Å². The summed E-state index contributed by atoms with van der Waals surface area (Å²) in [4.78, 5) is 16.1. The molecule has 1 aromatic carbocycles. The molecule has 0 atom stereocenters. The summed E-state index contributed by atoms with van der Waals surface area (Å²) < 4.78 is 7.18. The summed E-state index contributed by atoms with van der Waals surface area (Å²) in [7, 11) is 0. The minimum Gasteiger partial charge on any atom is -0.460 e. The van der Waals surface area contributed by atoms with Crippen molar-refractivity contribution in [3.8, 4) is 0 Å². The van der Waals surface area contributed by atoms with E-state index in [1.807, 2.05) is 36.7 Å². The van der Waals surface area contributed by atoms with Crippen LogP contribution < -0.4 is 5.73 Å². The summed E-state index contributed by atoms with van der Waals surface area (Å²) in [6.45, 7) is 4.63. The molecule has 0 aliphatic heterocycles. The third kappa shape index (κ3) is 2.93. The number of carbonyl (C=O) groups is 1. The number of imidazole rings is 1. The Hall–Kier alpha value is -2.30. The monoisotopic (exact) mass is 259 g/mol. The quantitative estimate of drug-likeness (QED) is 0.673. The van der Waals surface area contributed by atoms with Gasteiger partial charge < -0.3 is 15.0 Å². The predicted molar refractivity (Wildman–Crippen MR) is 72.8 cm³/mol. The Morgan fingerprint density at radius 3 is 2.84 bits per heavy atom. The zero-order chi connectivity index (χ0) is 13.8. The summed E-state index contributed by atoms with van der Waals surface area (Å²) in [5, 5.41) is 0. The third-order valence-corrected chi connectivity index (χ3v) is 3.00. The fourth-order valence-electron chi connectivity index (χ4n) is 1.92. The van der Waals surface area contributed by atoms with Crippen LogP contribution in [0.5, 0.6) is 0 Å². The van der Waals surface area contributed by atoms with E-state index in [4.69, 9.17) is 10.5 Å². The lowest BCUT2D eigenvalue weighted by Gasteiger charge is -2.10. The van der Waals surface area contributed by atoms with Crippen molar-refractivity contribution in [2.24, 2.45) is 0 Å². The van der Waals surface area contributed by atoms with Gasteiger partial charge in [-0.3, -0.25) is 0 Å². The molecule has 0 saturated heterocycles. The van der Waals surface area contributed by atoms with Crippen LogP contribution in [0.2, 0.25) is 0 Å². The number of aryl methyl sites for hydroxylation is 2. The Balaban J connectivity index is 1.97. The number of benzene rings is 1. The van der Waals surface area contributed by atoms with E-state index in [1.54, 1.807) is 12.3 Å². The molecule has 0 aliphatic carbocycles. The van der Waals surface area contributed by atoms with Crippen molar-refractivity contribution in [3.63, 3.8) is 0 Å². The van der Waals surface area contributed by atoms with Gasteiger partial charge in [-0.2, -0.15) is 0 Å². The van der Waals surface area contributed by atoms with Gasteiger partial charge in [0.2, 0.25) is 0 Å². The highest BCUT2D eigenvalue weighted by Crippen LogP contribution is 2.17. The van der Waals surface area contributed by atoms with Gasteiger partial charge in [-0.15, -0.1) is 0 Å². The van der Waals surface area contributed by atoms with Crippen LogP contribution in [0.25, 0.3) is 0 Å². The number of carbonyl (C=O) groups excluding carboxylic acids is 1. The number of aromatic nitrogens is 2. The van der Waals surface area contributed by atoms with Crippen molar-refractivity contribution >= 4 is 11.7 Å². The van der Waals surface area contributed by atoms with Crippen LogP contribution in [0, 0.1) is 13.8 Å². The van der Waals surface area contributed by atoms with Crippen LogP contribution in [0.1, 0.15) is 21.7 Å². The molecule has 5 nitrogen and oxygen atoms in total. The van der Waals surface area contributed by atoms with Crippen LogP contribution >= 0.6 is 0 Å². The lowest BCUT2D eigenvalue weighted by atomic mass is 10.1. The number of nitrogen functional groups attached to an aromatic ring is 1. The van der Waals surface area contributed by atoms with Crippen molar-refractivity contribution in [2.75, 3.05) is 12.3 Å². The molecule has 0 saturated carbocycles. The molecule has 1 aromatic heterocycles. The highest BCUT2D eigenvalue weighted by molar-refractivity contribution is 5.96. The van der Waals surface area contributed by atoms with Crippen LogP contribution in [0.15, 0.2) is 30.6 Å². The lowest BCUT2D eigenvalue weighted by molar-refractivity contribution is 0.0491. The number of hydrogen-bond acceptors (Lipinski definition) is 4. The molecular weight excluding hydrogens is 242 g/mol. The predicted octanol–water partition coefficient (Wildman–Crippen LogP) is 1.94. The largest absolute Gasteiger partial charge is 0.460 e. The van der Waals surface area contributed by atoms with Crippen molar-refractivity contribution in [1.82, 2.24) is 9.55 Å². The molecule has 100 valence electrons. The fraction of sp³-hybridized carbons (Fsp3) is 0.286. The first-order valence-corrected chi connectivity index (χ1v) is 6.09. The molecule has 1 heterocycles. The molecule has 0 fully saturated rings. The van der Waals surface area contributed by atoms with Crippen LogP contribution in [-0.4, -0.2) is 22.1 Å². The van der Waals surface area contributed by atoms with Gasteiger partial charge in [0.15, 0.2) is 0 Å². The highest BCUT2D eigenvalue weighted by Gasteiger charge is 2.13. The molecule has 5 heteroatoms. The molecule has 0 bridgehead atoms. The molecule has 2 N–H and O–H groups in total. The molecule has 0 aliphatic rings. The molecule has 0 unspecified atom stereocenters. The first-order chi connectivity index (χ1) is 9.09. The molecule has 2 aromatic rings. The minimum atomic E-state index is -0.381. The van der Waals surface area contributed by atoms with Crippen molar-refractivity contribution in [1.29, 1.82) is 0 Å². The van der Waals surface area contributed by atoms with Gasteiger partial charge in [-0.05, 0) is 25.5 Å². The summed E-state index contributed by atoms with van der Waals surface area (Å²) in [5.74, 6) is 0.514. The second-order valence-corrected chi connectivity index (χ2v) is 4.34. The number of nitrogens with zero attached hydrogens (tertiary/aromatic N) is 2. The standard InChI is InChI=1S/C14H17N3O2/c1-10-4-3-5-12(15)13(10)14(18)19-9-8-17-7-6-16-11(17)2/h3-7H,8-9,15H2,1-2H3. The first kappa shape index (κ1) is 13.1. The number of nitrogens with two attached hydrogens (primary N) is 1. The van der Waals surface area contributed by atoms with Crippen molar-refractivity contribution < 1.29 is 9.53 Å². The molecule has 0 radical (unpaired) electrons. The Kier molecular flexibility index (Phi) is 3.85. The fourth-order valence-corrected chi connectivity index (χ4v) is 1.92. The Bertz CT molecular complexity index is 570. The van der Waals surface area contributed by atoms with Gasteiger partial charge >= 0.3 is 5.97 Å². The summed E-state index contributed by atoms with van der Waals surface area (Å²) in [6, 6.07) is 5.35. The average molecular weight is 259 g/mol. The Morgan fingerprint density at radius 1 is 1.42 bits per heavy atom. The van der Waals surface area contributed by atoms with Crippen LogP contribution in [-0.2, 0) is 11.3 Å². The van der Waals surface area contributed by atoms with E-state index >= 15 is 0 Å². The van der Waals surface area contributed by atoms with Gasteiger partial charge in [0.05, 0.1) is 12.1 Å². The van der Waals surface area contributed by atoms with Gasteiger partial charge in [-0.25, -0.2) is 9.78 Å². The molecule has 0 amide bonds. The van der Waals surface area contributed by atoms with E-state index in [-0.39, 0.29) is 5.97 Å². The maximum atomic E-state index is 12.0. The zero-order valence-corrected chi connectivity index (χ0v) is 11.1. The number of ether oxygens (including phenoxy) is 1. The minimum absolute atomic E-state index is 0.295. The van der Waals surface area contributed by atoms with Crippen LogP contribution in [0.3, 0.4) is 0 Å². The van der Waals surface area contributed by atoms with E-state index in [1.165, 1.54) is 0 Å². The zero-order valence-electron chi connectivity index (χ0n) is 11.1. The second kappa shape index (κ2) is 5.56. The smallest absolute Gasteiger partial charge is 0.340 e. The van der Waals surface area contributed by atoms with Crippen LogP contribution in [0.4, 0.5) is 5.69 Å². The number of anilines is 1. The topological polar surface area (TPSA) is 70.1 Å². The molecule has 0 spiro atoms. The van der Waals surface area contributed by atoms with Crippen molar-refractivity contribution in [2.45, 2.75) is 20.4 Å². The van der Waals surface area contributed by atoms with Crippen molar-refractivity contribution in [3.05, 3.63) is 47.5 Å². The summed E-state index contributed by atoms with van der Waals surface area (Å²) in [6.07, 6.45) is 3.57. The third-order valence-electron chi connectivity index (χ3n) is 3.00. The molecule has 2 rings (SSSR count). The second-order valence-electron chi connectivity index (χ2n) is 4.34.